The van der Waals surface area contributed by atoms with Crippen molar-refractivity contribution in [2.24, 2.45) is 7.05 Å². The van der Waals surface area contributed by atoms with Crippen molar-refractivity contribution in [1.82, 2.24) is 14.8 Å². The highest BCUT2D eigenvalue weighted by Gasteiger charge is 2.07. The summed E-state index contributed by atoms with van der Waals surface area (Å²) in [7, 11) is 3.50. The monoisotopic (exact) mass is 257 g/mol. The maximum Gasteiger partial charge on any atom is 0.152 e. The van der Waals surface area contributed by atoms with E-state index in [1.807, 2.05) is 24.6 Å². The minimum atomic E-state index is 0.541. The van der Waals surface area contributed by atoms with Gasteiger partial charge in [0.05, 0.1) is 31.0 Å². The summed E-state index contributed by atoms with van der Waals surface area (Å²) in [6.45, 7) is 2.44. The van der Waals surface area contributed by atoms with Gasteiger partial charge < -0.3 is 14.6 Å². The lowest BCUT2D eigenvalue weighted by atomic mass is 10.2. The molecule has 6 heteroatoms. The van der Waals surface area contributed by atoms with E-state index in [1.165, 1.54) is 0 Å². The second kappa shape index (κ2) is 5.40. The summed E-state index contributed by atoms with van der Waals surface area (Å²) in [6.07, 6.45) is 0. The lowest BCUT2D eigenvalue weighted by molar-refractivity contribution is 0.416. The zero-order chi connectivity index (χ0) is 13.8. The number of anilines is 1. The Morgan fingerprint density at radius 3 is 2.79 bits per heavy atom. The van der Waals surface area contributed by atoms with Crippen LogP contribution in [0.3, 0.4) is 0 Å². The zero-order valence-electron chi connectivity index (χ0n) is 11.1. The lowest BCUT2D eigenvalue weighted by Crippen LogP contribution is -2.07. The van der Waals surface area contributed by atoms with Crippen LogP contribution < -0.4 is 10.1 Å². The van der Waals surface area contributed by atoms with Crippen LogP contribution in [-0.2, 0) is 13.6 Å². The molecule has 98 valence electrons. The molecule has 0 aliphatic heterocycles. The molecular weight excluding hydrogens is 242 g/mol. The molecule has 19 heavy (non-hydrogen) atoms. The highest BCUT2D eigenvalue weighted by atomic mass is 16.5. The van der Waals surface area contributed by atoms with Gasteiger partial charge in [-0.15, -0.1) is 10.2 Å². The number of hydrogen-bond donors (Lipinski definition) is 1. The third-order valence-electron chi connectivity index (χ3n) is 2.95. The molecule has 1 N–H and O–H groups in total. The van der Waals surface area contributed by atoms with Crippen molar-refractivity contribution in [1.29, 1.82) is 5.26 Å². The maximum atomic E-state index is 8.85. The van der Waals surface area contributed by atoms with E-state index in [-0.39, 0.29) is 0 Å². The average molecular weight is 257 g/mol. The molecule has 0 radical (unpaired) electrons. The molecule has 1 aromatic heterocycles. The molecule has 1 heterocycles. The van der Waals surface area contributed by atoms with Crippen molar-refractivity contribution >= 4 is 5.69 Å². The predicted molar refractivity (Wildman–Crippen MR) is 70.8 cm³/mol. The van der Waals surface area contributed by atoms with Crippen molar-refractivity contribution in [3.8, 4) is 11.8 Å². The number of methoxy groups -OCH3 is 1. The molecule has 0 aliphatic rings. The minimum absolute atomic E-state index is 0.541. The normalized spacial score (nSPS) is 10.0. The Morgan fingerprint density at radius 1 is 1.42 bits per heavy atom. The van der Waals surface area contributed by atoms with Crippen molar-refractivity contribution in [3.05, 3.63) is 35.4 Å². The summed E-state index contributed by atoms with van der Waals surface area (Å²) >= 11 is 0. The van der Waals surface area contributed by atoms with Gasteiger partial charge in [-0.05, 0) is 19.1 Å². The minimum Gasteiger partial charge on any atom is -0.495 e. The molecule has 0 unspecified atom stereocenters. The number of hydrogen-bond acceptors (Lipinski definition) is 5. The molecule has 0 atom stereocenters. The van der Waals surface area contributed by atoms with E-state index in [1.54, 1.807) is 19.2 Å². The van der Waals surface area contributed by atoms with E-state index in [0.29, 0.717) is 17.9 Å². The van der Waals surface area contributed by atoms with Crippen molar-refractivity contribution < 1.29 is 4.74 Å². The van der Waals surface area contributed by atoms with Gasteiger partial charge in [-0.3, -0.25) is 0 Å². The predicted octanol–water partition coefficient (Wildman–Crippen LogP) is 1.62. The van der Waals surface area contributed by atoms with Gasteiger partial charge in [-0.1, -0.05) is 0 Å². The van der Waals surface area contributed by atoms with Gasteiger partial charge in [0.15, 0.2) is 5.82 Å². The van der Waals surface area contributed by atoms with Crippen molar-refractivity contribution in [3.63, 3.8) is 0 Å². The Morgan fingerprint density at radius 2 is 2.21 bits per heavy atom. The number of nitriles is 1. The third kappa shape index (κ3) is 2.65. The second-order valence-corrected chi connectivity index (χ2v) is 4.10. The molecule has 0 amide bonds. The Hall–Kier alpha value is -2.55. The topological polar surface area (TPSA) is 75.8 Å². The first-order valence-electron chi connectivity index (χ1n) is 5.82. The van der Waals surface area contributed by atoms with Crippen LogP contribution in [0.15, 0.2) is 18.2 Å². The van der Waals surface area contributed by atoms with E-state index in [2.05, 4.69) is 21.6 Å². The number of benzene rings is 1. The zero-order valence-corrected chi connectivity index (χ0v) is 11.1. The van der Waals surface area contributed by atoms with Crippen LogP contribution in [0.5, 0.6) is 5.75 Å². The smallest absolute Gasteiger partial charge is 0.152 e. The Bertz CT molecular complexity index is 626. The largest absolute Gasteiger partial charge is 0.495 e. The molecular formula is C13H15N5O. The van der Waals surface area contributed by atoms with Gasteiger partial charge in [0.25, 0.3) is 0 Å². The van der Waals surface area contributed by atoms with Gasteiger partial charge in [0.2, 0.25) is 0 Å². The molecule has 1 aromatic carbocycles. The quantitative estimate of drug-likeness (QED) is 0.900. The van der Waals surface area contributed by atoms with Crippen molar-refractivity contribution in [2.45, 2.75) is 13.5 Å². The van der Waals surface area contributed by atoms with E-state index in [4.69, 9.17) is 10.00 Å². The first kappa shape index (κ1) is 12.9. The summed E-state index contributed by atoms with van der Waals surface area (Å²) in [5.74, 6) is 2.34. The van der Waals surface area contributed by atoms with Crippen LogP contribution in [0.2, 0.25) is 0 Å². The molecule has 2 aromatic rings. The first-order valence-corrected chi connectivity index (χ1v) is 5.82. The summed E-state index contributed by atoms with van der Waals surface area (Å²) in [4.78, 5) is 0. The van der Waals surface area contributed by atoms with Gasteiger partial charge in [0, 0.05) is 13.1 Å². The molecule has 0 spiro atoms. The summed E-state index contributed by atoms with van der Waals surface area (Å²) in [5.41, 5.74) is 1.39. The number of nitrogens with one attached hydrogen (secondary N) is 1. The van der Waals surface area contributed by atoms with Gasteiger partial charge in [0.1, 0.15) is 11.6 Å². The van der Waals surface area contributed by atoms with Crippen LogP contribution in [0.25, 0.3) is 0 Å². The van der Waals surface area contributed by atoms with E-state index in [9.17, 15) is 0 Å². The van der Waals surface area contributed by atoms with E-state index in [0.717, 1.165) is 17.3 Å². The van der Waals surface area contributed by atoms with Crippen LogP contribution in [0.1, 0.15) is 17.2 Å². The first-order chi connectivity index (χ1) is 9.15. The highest BCUT2D eigenvalue weighted by Crippen LogP contribution is 2.25. The SMILES string of the molecule is COc1cc(C#N)ccc1NCc1nnc(C)n1C. The number of aromatic nitrogens is 3. The van der Waals surface area contributed by atoms with Gasteiger partial charge in [-0.25, -0.2) is 0 Å². The third-order valence-corrected chi connectivity index (χ3v) is 2.95. The molecule has 0 bridgehead atoms. The number of rotatable bonds is 4. The average Bonchev–Trinajstić information content (AvgIpc) is 2.76. The number of ether oxygens (including phenoxy) is 1. The molecule has 0 saturated carbocycles. The highest BCUT2D eigenvalue weighted by molar-refractivity contribution is 5.59. The fourth-order valence-corrected chi connectivity index (χ4v) is 1.69. The van der Waals surface area contributed by atoms with Gasteiger partial charge >= 0.3 is 0 Å². The number of aryl methyl sites for hydroxylation is 1. The fourth-order valence-electron chi connectivity index (χ4n) is 1.69. The van der Waals surface area contributed by atoms with Crippen LogP contribution >= 0.6 is 0 Å². The lowest BCUT2D eigenvalue weighted by Gasteiger charge is -2.11. The van der Waals surface area contributed by atoms with E-state index >= 15 is 0 Å². The summed E-state index contributed by atoms with van der Waals surface area (Å²) < 4.78 is 7.18. The van der Waals surface area contributed by atoms with E-state index < -0.39 is 0 Å². The molecule has 0 fully saturated rings. The fraction of sp³-hybridized carbons (Fsp3) is 0.308. The Balaban J connectivity index is 2.16. The summed E-state index contributed by atoms with van der Waals surface area (Å²) in [5, 5.41) is 20.2. The van der Waals surface area contributed by atoms with Crippen LogP contribution in [0.4, 0.5) is 5.69 Å². The Kier molecular flexibility index (Phi) is 3.66. The van der Waals surface area contributed by atoms with Crippen LogP contribution in [-0.4, -0.2) is 21.9 Å². The number of nitrogens with zero attached hydrogens (tertiary/aromatic N) is 4. The Labute approximate surface area is 111 Å². The molecule has 0 saturated heterocycles. The standard InChI is InChI=1S/C13H15N5O/c1-9-16-17-13(18(9)2)8-15-11-5-4-10(7-14)6-12(11)19-3/h4-6,15H,8H2,1-3H3. The molecule has 6 nitrogen and oxygen atoms in total. The molecule has 2 rings (SSSR count). The maximum absolute atomic E-state index is 8.85. The van der Waals surface area contributed by atoms with Gasteiger partial charge in [-0.2, -0.15) is 5.26 Å². The molecule has 0 aliphatic carbocycles. The second-order valence-electron chi connectivity index (χ2n) is 4.10. The van der Waals surface area contributed by atoms with Crippen molar-refractivity contribution in [2.75, 3.05) is 12.4 Å². The summed E-state index contributed by atoms with van der Waals surface area (Å²) in [6, 6.07) is 7.34. The van der Waals surface area contributed by atoms with Crippen LogP contribution in [0, 0.1) is 18.3 Å².